The van der Waals surface area contributed by atoms with Gasteiger partial charge < -0.3 is 10.6 Å². The van der Waals surface area contributed by atoms with Crippen LogP contribution in [0.1, 0.15) is 0 Å². The van der Waals surface area contributed by atoms with Gasteiger partial charge in [-0.1, -0.05) is 29.8 Å². The van der Waals surface area contributed by atoms with Gasteiger partial charge in [-0.15, -0.1) is 0 Å². The van der Waals surface area contributed by atoms with Crippen molar-refractivity contribution in [2.75, 3.05) is 10.6 Å². The van der Waals surface area contributed by atoms with E-state index in [1.54, 1.807) is 24.4 Å². The summed E-state index contributed by atoms with van der Waals surface area (Å²) in [6, 6.07) is 10.5. The molecule has 0 radical (unpaired) electrons. The lowest BCUT2D eigenvalue weighted by Crippen LogP contribution is -2.20. The summed E-state index contributed by atoms with van der Waals surface area (Å²) in [5.41, 5.74) is 1.78. The fraction of sp³-hybridized carbons (Fsp3) is 0. The molecule has 6 nitrogen and oxygen atoms in total. The summed E-state index contributed by atoms with van der Waals surface area (Å²) in [6.07, 6.45) is 3.09. The standard InChI is InChI=1S/C13H10ClN5O/c14-12-11(10-6-7-16-19(10)8-15-12)18-13(20)17-9-4-2-1-3-5-9/h1-8H,(H2,17,18,20). The van der Waals surface area contributed by atoms with Gasteiger partial charge in [0.25, 0.3) is 0 Å². The molecular weight excluding hydrogens is 278 g/mol. The smallest absolute Gasteiger partial charge is 0.308 e. The Morgan fingerprint density at radius 3 is 2.75 bits per heavy atom. The normalized spacial score (nSPS) is 10.4. The minimum Gasteiger partial charge on any atom is -0.308 e. The first-order chi connectivity index (χ1) is 9.74. The van der Waals surface area contributed by atoms with E-state index in [9.17, 15) is 4.79 Å². The Morgan fingerprint density at radius 2 is 1.95 bits per heavy atom. The number of aromatic nitrogens is 3. The van der Waals surface area contributed by atoms with Crippen molar-refractivity contribution in [2.45, 2.75) is 0 Å². The topological polar surface area (TPSA) is 71.3 Å². The molecule has 3 rings (SSSR count). The number of nitrogens with one attached hydrogen (secondary N) is 2. The number of hydrogen-bond donors (Lipinski definition) is 2. The molecule has 2 amide bonds. The molecular formula is C13H10ClN5O. The zero-order valence-corrected chi connectivity index (χ0v) is 11.0. The highest BCUT2D eigenvalue weighted by Crippen LogP contribution is 2.24. The quantitative estimate of drug-likeness (QED) is 0.712. The molecule has 0 aliphatic rings. The lowest BCUT2D eigenvalue weighted by molar-refractivity contribution is 0.262. The number of anilines is 2. The summed E-state index contributed by atoms with van der Waals surface area (Å²) in [5, 5.41) is 9.64. The molecule has 100 valence electrons. The maximum absolute atomic E-state index is 12.0. The van der Waals surface area contributed by atoms with Crippen molar-refractivity contribution in [1.29, 1.82) is 0 Å². The fourth-order valence-electron chi connectivity index (χ4n) is 1.79. The van der Waals surface area contributed by atoms with Crippen LogP contribution in [0.3, 0.4) is 0 Å². The van der Waals surface area contributed by atoms with E-state index in [0.29, 0.717) is 16.9 Å². The molecule has 2 heterocycles. The van der Waals surface area contributed by atoms with Gasteiger partial charge in [0.05, 0.1) is 11.7 Å². The van der Waals surface area contributed by atoms with Gasteiger partial charge in [-0.2, -0.15) is 5.10 Å². The highest BCUT2D eigenvalue weighted by atomic mass is 35.5. The second kappa shape index (κ2) is 5.18. The minimum absolute atomic E-state index is 0.209. The van der Waals surface area contributed by atoms with Gasteiger partial charge in [0.2, 0.25) is 0 Å². The molecule has 0 fully saturated rings. The third-order valence-electron chi connectivity index (χ3n) is 2.68. The van der Waals surface area contributed by atoms with Gasteiger partial charge in [-0.25, -0.2) is 14.3 Å². The molecule has 1 aromatic carbocycles. The average molecular weight is 288 g/mol. The third kappa shape index (κ3) is 2.41. The molecule has 0 bridgehead atoms. The van der Waals surface area contributed by atoms with E-state index in [4.69, 9.17) is 11.6 Å². The second-order valence-electron chi connectivity index (χ2n) is 4.02. The molecule has 2 aromatic heterocycles. The number of urea groups is 1. The molecule has 0 saturated carbocycles. The van der Waals surface area contributed by atoms with Gasteiger partial charge >= 0.3 is 6.03 Å². The fourth-order valence-corrected chi connectivity index (χ4v) is 1.98. The number of carbonyl (C=O) groups excluding carboxylic acids is 1. The van der Waals surface area contributed by atoms with Crippen LogP contribution in [-0.4, -0.2) is 20.6 Å². The van der Waals surface area contributed by atoms with Crippen molar-refractivity contribution < 1.29 is 4.79 Å². The molecule has 0 spiro atoms. The zero-order chi connectivity index (χ0) is 13.9. The molecule has 20 heavy (non-hydrogen) atoms. The van der Waals surface area contributed by atoms with E-state index < -0.39 is 6.03 Å². The molecule has 0 atom stereocenters. The number of carbonyl (C=O) groups is 1. The van der Waals surface area contributed by atoms with Crippen molar-refractivity contribution in [2.24, 2.45) is 0 Å². The summed E-state index contributed by atoms with van der Waals surface area (Å²) in [6.45, 7) is 0. The van der Waals surface area contributed by atoms with Crippen LogP contribution in [0.25, 0.3) is 5.52 Å². The van der Waals surface area contributed by atoms with Gasteiger partial charge in [0.15, 0.2) is 5.15 Å². The lowest BCUT2D eigenvalue weighted by atomic mass is 10.3. The van der Waals surface area contributed by atoms with E-state index in [1.165, 1.54) is 10.8 Å². The van der Waals surface area contributed by atoms with Crippen molar-refractivity contribution in [3.8, 4) is 0 Å². The van der Waals surface area contributed by atoms with Gasteiger partial charge in [0, 0.05) is 5.69 Å². The molecule has 7 heteroatoms. The molecule has 0 unspecified atom stereocenters. The van der Waals surface area contributed by atoms with Crippen LogP contribution in [0, 0.1) is 0 Å². The monoisotopic (exact) mass is 287 g/mol. The van der Waals surface area contributed by atoms with Gasteiger partial charge in [-0.05, 0) is 18.2 Å². The van der Waals surface area contributed by atoms with Crippen LogP contribution < -0.4 is 10.6 Å². The molecule has 0 saturated heterocycles. The van der Waals surface area contributed by atoms with Crippen LogP contribution in [0.4, 0.5) is 16.2 Å². The van der Waals surface area contributed by atoms with Gasteiger partial charge in [-0.3, -0.25) is 0 Å². The maximum atomic E-state index is 12.0. The van der Waals surface area contributed by atoms with Crippen molar-refractivity contribution in [3.63, 3.8) is 0 Å². The summed E-state index contributed by atoms with van der Waals surface area (Å²) < 4.78 is 1.53. The summed E-state index contributed by atoms with van der Waals surface area (Å²) in [4.78, 5) is 15.9. The molecule has 0 aliphatic heterocycles. The number of benzene rings is 1. The van der Waals surface area contributed by atoms with Crippen LogP contribution in [0.15, 0.2) is 48.9 Å². The Bertz CT molecular complexity index is 756. The number of nitrogens with zero attached hydrogens (tertiary/aromatic N) is 3. The first-order valence-electron chi connectivity index (χ1n) is 5.85. The highest BCUT2D eigenvalue weighted by molar-refractivity contribution is 6.33. The van der Waals surface area contributed by atoms with E-state index in [1.807, 2.05) is 18.2 Å². The summed E-state index contributed by atoms with van der Waals surface area (Å²) in [7, 11) is 0. The summed E-state index contributed by atoms with van der Waals surface area (Å²) in [5.74, 6) is 0. The number of para-hydroxylation sites is 1. The van der Waals surface area contributed by atoms with Crippen molar-refractivity contribution in [3.05, 3.63) is 54.1 Å². The number of hydrogen-bond acceptors (Lipinski definition) is 3. The molecule has 2 N–H and O–H groups in total. The van der Waals surface area contributed by atoms with Crippen LogP contribution in [0.5, 0.6) is 0 Å². The Hall–Kier alpha value is -2.60. The largest absolute Gasteiger partial charge is 0.323 e. The van der Waals surface area contributed by atoms with Crippen molar-refractivity contribution >= 4 is 34.5 Å². The Balaban J connectivity index is 1.84. The molecule has 0 aliphatic carbocycles. The Morgan fingerprint density at radius 1 is 1.15 bits per heavy atom. The van der Waals surface area contributed by atoms with E-state index in [-0.39, 0.29) is 5.15 Å². The predicted octanol–water partition coefficient (Wildman–Crippen LogP) is 3.03. The average Bonchev–Trinajstić information content (AvgIpc) is 2.92. The first-order valence-corrected chi connectivity index (χ1v) is 6.23. The Labute approximate surface area is 119 Å². The van der Waals surface area contributed by atoms with Crippen LogP contribution in [-0.2, 0) is 0 Å². The zero-order valence-electron chi connectivity index (χ0n) is 10.2. The molecule has 3 aromatic rings. The summed E-state index contributed by atoms with van der Waals surface area (Å²) >= 11 is 6.01. The van der Waals surface area contributed by atoms with Gasteiger partial charge in [0.1, 0.15) is 12.0 Å². The van der Waals surface area contributed by atoms with E-state index in [2.05, 4.69) is 20.7 Å². The third-order valence-corrected chi connectivity index (χ3v) is 2.97. The second-order valence-corrected chi connectivity index (χ2v) is 4.37. The SMILES string of the molecule is O=C(Nc1ccccc1)Nc1c(Cl)ncn2nccc12. The Kier molecular flexibility index (Phi) is 3.22. The number of fused-ring (bicyclic) bond motifs is 1. The lowest BCUT2D eigenvalue weighted by Gasteiger charge is -2.09. The maximum Gasteiger partial charge on any atom is 0.323 e. The minimum atomic E-state index is -0.394. The van der Waals surface area contributed by atoms with Crippen LogP contribution >= 0.6 is 11.6 Å². The number of amides is 2. The first kappa shape index (κ1) is 12.4. The highest BCUT2D eigenvalue weighted by Gasteiger charge is 2.11. The number of halogens is 1. The van der Waals surface area contributed by atoms with Crippen LogP contribution in [0.2, 0.25) is 5.15 Å². The van der Waals surface area contributed by atoms with Crippen molar-refractivity contribution in [1.82, 2.24) is 14.6 Å². The predicted molar refractivity (Wildman–Crippen MR) is 77.1 cm³/mol. The number of rotatable bonds is 2. The van der Waals surface area contributed by atoms with E-state index >= 15 is 0 Å². The van der Waals surface area contributed by atoms with E-state index in [0.717, 1.165) is 0 Å².